The highest BCUT2D eigenvalue weighted by atomic mass is 28.5. The van der Waals surface area contributed by atoms with E-state index in [0.717, 1.165) is 65.8 Å². The molecule has 4 aromatic carbocycles. The van der Waals surface area contributed by atoms with Crippen LogP contribution in [0, 0.1) is 20.8 Å². The Kier molecular flexibility index (Phi) is 14.8. The fourth-order valence-corrected chi connectivity index (χ4v) is 21.5. The molecule has 0 unspecified atom stereocenters. The Morgan fingerprint density at radius 1 is 0.582 bits per heavy atom. The smallest absolute Gasteiger partial charge is 0.496 e. The van der Waals surface area contributed by atoms with Crippen molar-refractivity contribution in [3.05, 3.63) is 118 Å². The third-order valence-corrected chi connectivity index (χ3v) is 21.7. The van der Waals surface area contributed by atoms with Crippen molar-refractivity contribution >= 4 is 31.4 Å². The van der Waals surface area contributed by atoms with Gasteiger partial charge in [0.15, 0.2) is 28.1 Å². The maximum Gasteiger partial charge on any atom is 0.519 e. The minimum atomic E-state index is -2.33. The van der Waals surface area contributed by atoms with Gasteiger partial charge in [-0.05, 0) is 155 Å². The molecule has 0 N–H and O–H groups in total. The number of methoxy groups -OCH3 is 2. The number of hydrogen-bond acceptors (Lipinski definition) is 7. The quantitative estimate of drug-likeness (QED) is 0.0564. The minimum Gasteiger partial charge on any atom is -0.496 e. The van der Waals surface area contributed by atoms with Crippen LogP contribution < -0.4 is 18.9 Å². The lowest BCUT2D eigenvalue weighted by molar-refractivity contribution is 0.150. The van der Waals surface area contributed by atoms with Gasteiger partial charge in [-0.2, -0.15) is 0 Å². The summed E-state index contributed by atoms with van der Waals surface area (Å²) in [6.45, 7) is 24.2. The van der Waals surface area contributed by atoms with Crippen molar-refractivity contribution in [1.82, 2.24) is 0 Å². The van der Waals surface area contributed by atoms with Crippen LogP contribution in [0.1, 0.15) is 65.6 Å². The van der Waals surface area contributed by atoms with E-state index >= 15 is 0 Å². The number of carbonyl (C=O) groups excluding carboxylic acids is 1. The minimum absolute atomic E-state index is 0.208. The molecule has 0 bridgehead atoms. The fraction of sp³-hybridized carbons (Fsp3) is 0.444. The van der Waals surface area contributed by atoms with Crippen LogP contribution >= 0.6 is 0 Å². The molecular formula is C45H64O7Si3. The summed E-state index contributed by atoms with van der Waals surface area (Å²) in [4.78, 5) is 12.9. The molecule has 0 atom stereocenters. The van der Waals surface area contributed by atoms with Crippen LogP contribution in [0.5, 0.6) is 23.0 Å². The van der Waals surface area contributed by atoms with Crippen LogP contribution in [-0.4, -0.2) is 45.6 Å². The van der Waals surface area contributed by atoms with E-state index in [1.165, 1.54) is 16.7 Å². The van der Waals surface area contributed by atoms with Crippen molar-refractivity contribution in [3.8, 4) is 23.0 Å². The van der Waals surface area contributed by atoms with Gasteiger partial charge in [0.05, 0.1) is 14.2 Å². The van der Waals surface area contributed by atoms with Crippen LogP contribution in [0.3, 0.4) is 0 Å². The second-order valence-electron chi connectivity index (χ2n) is 17.0. The first-order valence-electron chi connectivity index (χ1n) is 19.5. The Morgan fingerprint density at radius 3 is 1.67 bits per heavy atom. The molecule has 4 aromatic rings. The van der Waals surface area contributed by atoms with Crippen LogP contribution in [-0.2, 0) is 26.5 Å². The lowest BCUT2D eigenvalue weighted by Gasteiger charge is -2.39. The molecule has 4 rings (SSSR count). The third-order valence-electron chi connectivity index (χ3n) is 10.3. The van der Waals surface area contributed by atoms with Gasteiger partial charge in [0.2, 0.25) is 0 Å². The van der Waals surface area contributed by atoms with Gasteiger partial charge in [0, 0.05) is 5.41 Å². The molecule has 0 aromatic heterocycles. The van der Waals surface area contributed by atoms with E-state index < -0.39 is 31.4 Å². The first-order valence-corrected chi connectivity index (χ1v) is 28.6. The molecule has 298 valence electrons. The molecule has 0 fully saturated rings. The Bertz CT molecular complexity index is 1920. The molecule has 0 aliphatic carbocycles. The van der Waals surface area contributed by atoms with E-state index in [0.29, 0.717) is 17.2 Å². The Hall–Kier alpha value is -3.68. The zero-order valence-corrected chi connectivity index (χ0v) is 38.6. The van der Waals surface area contributed by atoms with Gasteiger partial charge in [-0.1, -0.05) is 74.0 Å². The molecule has 0 radical (unpaired) electrons. The van der Waals surface area contributed by atoms with E-state index in [2.05, 4.69) is 116 Å². The van der Waals surface area contributed by atoms with Crippen LogP contribution in [0.4, 0.5) is 4.79 Å². The zero-order valence-electron chi connectivity index (χ0n) is 35.6. The van der Waals surface area contributed by atoms with Crippen LogP contribution in [0.25, 0.3) is 0 Å². The number of benzene rings is 4. The van der Waals surface area contributed by atoms with Crippen molar-refractivity contribution in [2.45, 2.75) is 117 Å². The van der Waals surface area contributed by atoms with Gasteiger partial charge < -0.3 is 27.2 Å². The molecule has 0 heterocycles. The van der Waals surface area contributed by atoms with Crippen molar-refractivity contribution in [2.75, 3.05) is 14.2 Å². The second-order valence-corrected chi connectivity index (χ2v) is 29.5. The molecule has 0 spiro atoms. The summed E-state index contributed by atoms with van der Waals surface area (Å²) >= 11 is 0. The molecule has 0 amide bonds. The van der Waals surface area contributed by atoms with E-state index in [1.54, 1.807) is 20.3 Å². The SMILES string of the molecule is COc1cc(CCC[Si](C)(C)O[Si](C)(C)O[Si](C)(C)CCCc2ccc(OC(=O)Oc3ccc(C(C)(C)c4cccc(C)c4)cc3C)c(OC)c2)ccc1C. The molecule has 0 aliphatic heterocycles. The van der Waals surface area contributed by atoms with Crippen molar-refractivity contribution in [2.24, 2.45) is 0 Å². The number of aryl methyl sites for hydroxylation is 5. The number of rotatable bonds is 18. The summed E-state index contributed by atoms with van der Waals surface area (Å²) in [5, 5.41) is 0. The summed E-state index contributed by atoms with van der Waals surface area (Å²) in [7, 11) is -2.93. The first kappa shape index (κ1) is 44.0. The van der Waals surface area contributed by atoms with Gasteiger partial charge >= 0.3 is 14.7 Å². The molecule has 7 nitrogen and oxygen atoms in total. The molecule has 10 heteroatoms. The van der Waals surface area contributed by atoms with Gasteiger partial charge in [-0.25, -0.2) is 4.79 Å². The standard InChI is InChI=1S/C45H64O7Si3/c1-33-17-14-20-38(29-33)45(4,5)39-24-26-40(35(3)30-39)49-44(46)50-41-25-23-37(32-43(41)48-7)19-16-28-54(10,11)52-55(12,13)51-53(8,9)27-15-18-36-22-21-34(2)42(31-36)47-6/h14,17,20-26,29-32H,15-16,18-19,27-28H2,1-13H3. The normalized spacial score (nSPS) is 12.4. The highest BCUT2D eigenvalue weighted by molar-refractivity contribution is 6.87. The van der Waals surface area contributed by atoms with Gasteiger partial charge in [0.25, 0.3) is 0 Å². The molecular weight excluding hydrogens is 737 g/mol. The van der Waals surface area contributed by atoms with Crippen LogP contribution in [0.15, 0.2) is 78.9 Å². The lowest BCUT2D eigenvalue weighted by atomic mass is 9.77. The van der Waals surface area contributed by atoms with Crippen molar-refractivity contribution < 1.29 is 32.0 Å². The van der Waals surface area contributed by atoms with E-state index in [-0.39, 0.29) is 5.41 Å². The molecule has 55 heavy (non-hydrogen) atoms. The van der Waals surface area contributed by atoms with E-state index in [4.69, 9.17) is 27.2 Å². The summed E-state index contributed by atoms with van der Waals surface area (Å²) in [5.74, 6) is 2.22. The molecule has 0 aliphatic rings. The largest absolute Gasteiger partial charge is 0.519 e. The highest BCUT2D eigenvalue weighted by Crippen LogP contribution is 2.35. The predicted octanol–water partition coefficient (Wildman–Crippen LogP) is 12.2. The zero-order chi connectivity index (χ0) is 40.6. The third kappa shape index (κ3) is 12.9. The molecule has 0 saturated heterocycles. The van der Waals surface area contributed by atoms with Gasteiger partial charge in [-0.15, -0.1) is 0 Å². The average Bonchev–Trinajstić information content (AvgIpc) is 3.09. The topological polar surface area (TPSA) is 72.5 Å². The maximum absolute atomic E-state index is 12.9. The van der Waals surface area contributed by atoms with E-state index in [1.807, 2.05) is 31.2 Å². The van der Waals surface area contributed by atoms with Crippen LogP contribution in [0.2, 0.25) is 51.4 Å². The predicted molar refractivity (Wildman–Crippen MR) is 233 cm³/mol. The Labute approximate surface area is 334 Å². The van der Waals surface area contributed by atoms with Gasteiger partial charge in [0.1, 0.15) is 11.5 Å². The second kappa shape index (κ2) is 18.5. The summed E-state index contributed by atoms with van der Waals surface area (Å²) in [6, 6.07) is 28.8. The van der Waals surface area contributed by atoms with Gasteiger partial charge in [-0.3, -0.25) is 0 Å². The van der Waals surface area contributed by atoms with E-state index in [9.17, 15) is 4.79 Å². The number of hydrogen-bond donors (Lipinski definition) is 0. The number of carbonyl (C=O) groups is 1. The molecule has 0 saturated carbocycles. The fourth-order valence-electron chi connectivity index (χ4n) is 7.42. The average molecular weight is 801 g/mol. The monoisotopic (exact) mass is 800 g/mol. The highest BCUT2D eigenvalue weighted by Gasteiger charge is 2.39. The number of ether oxygens (including phenoxy) is 4. The Morgan fingerprint density at radius 2 is 1.11 bits per heavy atom. The summed E-state index contributed by atoms with van der Waals surface area (Å²) < 4.78 is 36.2. The summed E-state index contributed by atoms with van der Waals surface area (Å²) in [6.07, 6.45) is 3.14. The Balaban J connectivity index is 1.27. The lowest BCUT2D eigenvalue weighted by Crippen LogP contribution is -2.52. The summed E-state index contributed by atoms with van der Waals surface area (Å²) in [5.41, 5.74) is 7.81. The van der Waals surface area contributed by atoms with Crippen molar-refractivity contribution in [1.29, 1.82) is 0 Å². The maximum atomic E-state index is 12.9. The van der Waals surface area contributed by atoms with Crippen molar-refractivity contribution in [3.63, 3.8) is 0 Å². The first-order chi connectivity index (χ1) is 25.7.